The van der Waals surface area contributed by atoms with Crippen LogP contribution < -0.4 is 0 Å². The van der Waals surface area contributed by atoms with E-state index in [4.69, 9.17) is 9.47 Å². The van der Waals surface area contributed by atoms with Crippen LogP contribution in [0.25, 0.3) is 0 Å². The molecule has 2 heterocycles. The third kappa shape index (κ3) is 2.69. The number of carbonyl (C=O) groups is 1. The molecule has 2 aliphatic rings. The van der Waals surface area contributed by atoms with Crippen molar-refractivity contribution >= 4 is 5.91 Å². The Bertz CT molecular complexity index is 230. The van der Waals surface area contributed by atoms with Crippen LogP contribution in [-0.2, 0) is 14.3 Å². The minimum Gasteiger partial charge on any atom is -0.371 e. The molecule has 0 spiro atoms. The van der Waals surface area contributed by atoms with E-state index in [-0.39, 0.29) is 30.8 Å². The van der Waals surface area contributed by atoms with Crippen molar-refractivity contribution in [3.05, 3.63) is 0 Å². The Hall–Kier alpha value is -0.610. The van der Waals surface area contributed by atoms with Gasteiger partial charge in [0.15, 0.2) is 0 Å². The van der Waals surface area contributed by atoms with Crippen molar-refractivity contribution in [2.75, 3.05) is 19.7 Å². The number of morpholine rings is 1. The molecule has 0 aromatic heterocycles. The van der Waals surface area contributed by atoms with Gasteiger partial charge in [0, 0.05) is 13.1 Å². The van der Waals surface area contributed by atoms with Crippen molar-refractivity contribution in [3.63, 3.8) is 0 Å². The van der Waals surface area contributed by atoms with Gasteiger partial charge in [-0.1, -0.05) is 0 Å². The summed E-state index contributed by atoms with van der Waals surface area (Å²) >= 11 is 0. The third-order valence-corrected chi connectivity index (χ3v) is 2.94. The standard InChI is InChI=1S/C11H19NO3/c1-8(2)14-7-11(13)12-5-9-3-4-10(6-12)15-9/h8-10H,3-7H2,1-2H3. The lowest BCUT2D eigenvalue weighted by molar-refractivity contribution is -0.146. The molecule has 1 amide bonds. The van der Waals surface area contributed by atoms with Crippen LogP contribution in [0.5, 0.6) is 0 Å². The molecule has 86 valence electrons. The van der Waals surface area contributed by atoms with Crippen LogP contribution in [0.2, 0.25) is 0 Å². The number of amides is 1. The topological polar surface area (TPSA) is 38.8 Å². The van der Waals surface area contributed by atoms with Gasteiger partial charge in [-0.25, -0.2) is 0 Å². The summed E-state index contributed by atoms with van der Waals surface area (Å²) < 4.78 is 11.0. The number of likely N-dealkylation sites (tertiary alicyclic amines) is 1. The maximum Gasteiger partial charge on any atom is 0.248 e. The van der Waals surface area contributed by atoms with E-state index in [2.05, 4.69) is 0 Å². The molecular formula is C11H19NO3. The summed E-state index contributed by atoms with van der Waals surface area (Å²) in [5, 5.41) is 0. The van der Waals surface area contributed by atoms with Gasteiger partial charge in [-0.05, 0) is 26.7 Å². The zero-order valence-corrected chi connectivity index (χ0v) is 9.44. The van der Waals surface area contributed by atoms with Crippen molar-refractivity contribution < 1.29 is 14.3 Å². The van der Waals surface area contributed by atoms with Crippen LogP contribution in [0.15, 0.2) is 0 Å². The largest absolute Gasteiger partial charge is 0.371 e. The van der Waals surface area contributed by atoms with Crippen molar-refractivity contribution in [1.82, 2.24) is 4.90 Å². The Morgan fingerprint density at radius 1 is 1.40 bits per heavy atom. The molecule has 0 aliphatic carbocycles. The van der Waals surface area contributed by atoms with E-state index in [0.29, 0.717) is 0 Å². The summed E-state index contributed by atoms with van der Waals surface area (Å²) in [6.07, 6.45) is 2.85. The minimum atomic E-state index is 0.101. The number of fused-ring (bicyclic) bond motifs is 2. The molecule has 0 aromatic rings. The highest BCUT2D eigenvalue weighted by atomic mass is 16.5. The summed E-state index contributed by atoms with van der Waals surface area (Å²) in [5.74, 6) is 0.101. The molecule has 2 bridgehead atoms. The first kappa shape index (κ1) is 10.9. The first-order chi connectivity index (χ1) is 7.15. The lowest BCUT2D eigenvalue weighted by atomic mass is 10.2. The Kier molecular flexibility index (Phi) is 3.26. The van der Waals surface area contributed by atoms with E-state index in [1.807, 2.05) is 18.7 Å². The second-order valence-corrected chi connectivity index (χ2v) is 4.62. The molecule has 0 radical (unpaired) electrons. The van der Waals surface area contributed by atoms with Crippen LogP contribution in [0.3, 0.4) is 0 Å². The summed E-state index contributed by atoms with van der Waals surface area (Å²) in [4.78, 5) is 13.6. The quantitative estimate of drug-likeness (QED) is 0.696. The van der Waals surface area contributed by atoms with E-state index in [0.717, 1.165) is 25.9 Å². The van der Waals surface area contributed by atoms with E-state index < -0.39 is 0 Å². The summed E-state index contributed by atoms with van der Waals surface area (Å²) in [6, 6.07) is 0. The number of nitrogens with zero attached hydrogens (tertiary/aromatic N) is 1. The van der Waals surface area contributed by atoms with E-state index in [9.17, 15) is 4.79 Å². The Morgan fingerprint density at radius 3 is 2.53 bits per heavy atom. The molecule has 4 heteroatoms. The van der Waals surface area contributed by atoms with E-state index >= 15 is 0 Å². The van der Waals surface area contributed by atoms with E-state index in [1.165, 1.54) is 0 Å². The lowest BCUT2D eigenvalue weighted by Crippen LogP contribution is -2.47. The molecule has 2 saturated heterocycles. The predicted molar refractivity (Wildman–Crippen MR) is 55.6 cm³/mol. The van der Waals surface area contributed by atoms with Crippen molar-refractivity contribution in [2.24, 2.45) is 0 Å². The molecule has 0 saturated carbocycles. The molecule has 2 fully saturated rings. The fraction of sp³-hybridized carbons (Fsp3) is 0.909. The number of hydrogen-bond donors (Lipinski definition) is 0. The second kappa shape index (κ2) is 4.49. The Balaban J connectivity index is 1.81. The van der Waals surface area contributed by atoms with Crippen molar-refractivity contribution in [1.29, 1.82) is 0 Å². The smallest absolute Gasteiger partial charge is 0.248 e. The Morgan fingerprint density at radius 2 is 2.00 bits per heavy atom. The van der Waals surface area contributed by atoms with Crippen LogP contribution >= 0.6 is 0 Å². The van der Waals surface area contributed by atoms with Gasteiger partial charge in [-0.3, -0.25) is 4.79 Å². The molecule has 0 N–H and O–H groups in total. The average Bonchev–Trinajstić information content (AvgIpc) is 2.54. The number of rotatable bonds is 3. The molecule has 2 atom stereocenters. The highest BCUT2D eigenvalue weighted by Crippen LogP contribution is 2.26. The number of carbonyl (C=O) groups excluding carboxylic acids is 1. The highest BCUT2D eigenvalue weighted by molar-refractivity contribution is 5.77. The molecule has 15 heavy (non-hydrogen) atoms. The molecule has 0 aromatic carbocycles. The minimum absolute atomic E-state index is 0.101. The van der Waals surface area contributed by atoms with Crippen LogP contribution in [0.4, 0.5) is 0 Å². The summed E-state index contributed by atoms with van der Waals surface area (Å²) in [5.41, 5.74) is 0. The van der Waals surface area contributed by atoms with Gasteiger partial charge in [-0.2, -0.15) is 0 Å². The molecular weight excluding hydrogens is 194 g/mol. The fourth-order valence-electron chi connectivity index (χ4n) is 2.15. The molecule has 4 nitrogen and oxygen atoms in total. The van der Waals surface area contributed by atoms with Gasteiger partial charge in [0.1, 0.15) is 6.61 Å². The predicted octanol–water partition coefficient (Wildman–Crippen LogP) is 0.801. The molecule has 2 rings (SSSR count). The van der Waals surface area contributed by atoms with E-state index in [1.54, 1.807) is 0 Å². The maximum atomic E-state index is 11.8. The van der Waals surface area contributed by atoms with Gasteiger partial charge in [0.2, 0.25) is 5.91 Å². The second-order valence-electron chi connectivity index (χ2n) is 4.62. The number of hydrogen-bond acceptors (Lipinski definition) is 3. The maximum absolute atomic E-state index is 11.8. The monoisotopic (exact) mass is 213 g/mol. The fourth-order valence-corrected chi connectivity index (χ4v) is 2.15. The van der Waals surface area contributed by atoms with Gasteiger partial charge in [0.25, 0.3) is 0 Å². The Labute approximate surface area is 90.5 Å². The van der Waals surface area contributed by atoms with Crippen LogP contribution in [0, 0.1) is 0 Å². The van der Waals surface area contributed by atoms with Gasteiger partial charge >= 0.3 is 0 Å². The third-order valence-electron chi connectivity index (χ3n) is 2.94. The normalized spacial score (nSPS) is 29.9. The zero-order valence-electron chi connectivity index (χ0n) is 9.44. The van der Waals surface area contributed by atoms with Gasteiger partial charge < -0.3 is 14.4 Å². The average molecular weight is 213 g/mol. The first-order valence-corrected chi connectivity index (χ1v) is 5.70. The summed E-state index contributed by atoms with van der Waals surface area (Å²) in [6.45, 7) is 5.58. The van der Waals surface area contributed by atoms with Crippen LogP contribution in [0.1, 0.15) is 26.7 Å². The zero-order chi connectivity index (χ0) is 10.8. The first-order valence-electron chi connectivity index (χ1n) is 5.70. The summed E-state index contributed by atoms with van der Waals surface area (Å²) in [7, 11) is 0. The molecule has 2 aliphatic heterocycles. The number of ether oxygens (including phenoxy) is 2. The lowest BCUT2D eigenvalue weighted by Gasteiger charge is -2.32. The van der Waals surface area contributed by atoms with Crippen molar-refractivity contribution in [2.45, 2.75) is 45.0 Å². The highest BCUT2D eigenvalue weighted by Gasteiger charge is 2.35. The van der Waals surface area contributed by atoms with Gasteiger partial charge in [0.05, 0.1) is 18.3 Å². The SMILES string of the molecule is CC(C)OCC(=O)N1CC2CCC(C1)O2. The van der Waals surface area contributed by atoms with Crippen LogP contribution in [-0.4, -0.2) is 48.8 Å². The van der Waals surface area contributed by atoms with Crippen molar-refractivity contribution in [3.8, 4) is 0 Å². The van der Waals surface area contributed by atoms with Gasteiger partial charge in [-0.15, -0.1) is 0 Å². The molecule has 2 unspecified atom stereocenters.